The van der Waals surface area contributed by atoms with E-state index in [2.05, 4.69) is 31.5 Å². The van der Waals surface area contributed by atoms with Crippen LogP contribution in [0, 0.1) is 6.92 Å². The number of aromatic nitrogens is 1. The number of thiazole rings is 1. The number of nitrogens with one attached hydrogen (secondary N) is 2. The van der Waals surface area contributed by atoms with E-state index in [0.717, 1.165) is 15.7 Å². The molecule has 3 rings (SSSR count). The van der Waals surface area contributed by atoms with Crippen LogP contribution in [0.2, 0.25) is 0 Å². The molecule has 1 saturated heterocycles. The van der Waals surface area contributed by atoms with E-state index in [0.29, 0.717) is 23.9 Å². The Labute approximate surface area is 146 Å². The standard InChI is InChI=1S/C15H15BrN4O2S/c1-9-2-3-12(11(16)6-9)19-13(21)7-10-8-23-15(18-10)20-5-4-17-14(20)22/h2-3,6,8H,4-5,7H2,1H3,(H,17,22)(H,19,21). The summed E-state index contributed by atoms with van der Waals surface area (Å²) in [6.45, 7) is 3.21. The molecule has 3 amide bonds. The third-order valence-corrected chi connectivity index (χ3v) is 4.94. The molecule has 0 unspecified atom stereocenters. The van der Waals surface area contributed by atoms with Crippen LogP contribution in [0.25, 0.3) is 0 Å². The summed E-state index contributed by atoms with van der Waals surface area (Å²) in [4.78, 5) is 29.7. The van der Waals surface area contributed by atoms with E-state index < -0.39 is 0 Å². The number of benzene rings is 1. The quantitative estimate of drug-likeness (QED) is 0.836. The van der Waals surface area contributed by atoms with Gasteiger partial charge in [0.1, 0.15) is 0 Å². The van der Waals surface area contributed by atoms with Crippen molar-refractivity contribution in [2.75, 3.05) is 23.3 Å². The second kappa shape index (κ2) is 6.67. The third-order valence-electron chi connectivity index (χ3n) is 3.37. The zero-order valence-corrected chi connectivity index (χ0v) is 14.8. The lowest BCUT2D eigenvalue weighted by molar-refractivity contribution is -0.115. The Balaban J connectivity index is 1.64. The summed E-state index contributed by atoms with van der Waals surface area (Å²) in [5.74, 6) is -0.141. The van der Waals surface area contributed by atoms with Crippen LogP contribution in [0.15, 0.2) is 28.1 Å². The maximum Gasteiger partial charge on any atom is 0.323 e. The Kier molecular flexibility index (Phi) is 4.63. The number of nitrogens with zero attached hydrogens (tertiary/aromatic N) is 2. The van der Waals surface area contributed by atoms with Gasteiger partial charge in [-0.05, 0) is 40.5 Å². The molecule has 0 atom stereocenters. The zero-order chi connectivity index (χ0) is 16.4. The molecular formula is C15H15BrN4O2S. The average molecular weight is 395 g/mol. The lowest BCUT2D eigenvalue weighted by atomic mass is 10.2. The molecule has 1 aromatic heterocycles. The highest BCUT2D eigenvalue weighted by Crippen LogP contribution is 2.25. The zero-order valence-electron chi connectivity index (χ0n) is 12.4. The topological polar surface area (TPSA) is 74.3 Å². The Morgan fingerprint density at radius 2 is 2.35 bits per heavy atom. The summed E-state index contributed by atoms with van der Waals surface area (Å²) in [6, 6.07) is 5.60. The first kappa shape index (κ1) is 15.9. The van der Waals surface area contributed by atoms with Crippen molar-refractivity contribution in [3.8, 4) is 0 Å². The van der Waals surface area contributed by atoms with Gasteiger partial charge in [-0.15, -0.1) is 11.3 Å². The highest BCUT2D eigenvalue weighted by molar-refractivity contribution is 9.10. The Morgan fingerprint density at radius 1 is 1.52 bits per heavy atom. The van der Waals surface area contributed by atoms with Gasteiger partial charge in [0.25, 0.3) is 0 Å². The molecule has 8 heteroatoms. The highest BCUT2D eigenvalue weighted by atomic mass is 79.9. The van der Waals surface area contributed by atoms with Crippen LogP contribution in [0.3, 0.4) is 0 Å². The molecule has 0 bridgehead atoms. The Morgan fingerprint density at radius 3 is 3.04 bits per heavy atom. The molecule has 1 aliphatic rings. The second-order valence-corrected chi connectivity index (χ2v) is 6.90. The molecular weight excluding hydrogens is 380 g/mol. The normalized spacial score (nSPS) is 14.0. The van der Waals surface area contributed by atoms with Gasteiger partial charge in [0.15, 0.2) is 5.13 Å². The summed E-state index contributed by atoms with van der Waals surface area (Å²) < 4.78 is 0.846. The molecule has 2 N–H and O–H groups in total. The monoisotopic (exact) mass is 394 g/mol. The van der Waals surface area contributed by atoms with Gasteiger partial charge < -0.3 is 10.6 Å². The number of halogens is 1. The van der Waals surface area contributed by atoms with Crippen molar-refractivity contribution < 1.29 is 9.59 Å². The second-order valence-electron chi connectivity index (χ2n) is 5.21. The maximum absolute atomic E-state index is 12.2. The van der Waals surface area contributed by atoms with Gasteiger partial charge >= 0.3 is 6.03 Å². The molecule has 2 heterocycles. The number of hydrogen-bond acceptors (Lipinski definition) is 4. The molecule has 120 valence electrons. The number of hydrogen-bond donors (Lipinski definition) is 2. The van der Waals surface area contributed by atoms with Gasteiger partial charge in [0.2, 0.25) is 5.91 Å². The minimum Gasteiger partial charge on any atom is -0.336 e. The number of urea groups is 1. The number of anilines is 2. The summed E-state index contributed by atoms with van der Waals surface area (Å²) in [7, 11) is 0. The van der Waals surface area contributed by atoms with Crippen molar-refractivity contribution in [1.82, 2.24) is 10.3 Å². The van der Waals surface area contributed by atoms with Crippen molar-refractivity contribution in [2.45, 2.75) is 13.3 Å². The summed E-state index contributed by atoms with van der Waals surface area (Å²) >= 11 is 4.81. The fraction of sp³-hybridized carbons (Fsp3) is 0.267. The molecule has 23 heavy (non-hydrogen) atoms. The van der Waals surface area contributed by atoms with Gasteiger partial charge in [-0.2, -0.15) is 0 Å². The van der Waals surface area contributed by atoms with Crippen molar-refractivity contribution >= 4 is 50.0 Å². The summed E-state index contributed by atoms with van der Waals surface area (Å²) in [5.41, 5.74) is 2.50. The van der Waals surface area contributed by atoms with Gasteiger partial charge in [-0.1, -0.05) is 6.07 Å². The molecule has 0 saturated carbocycles. The summed E-state index contributed by atoms with van der Waals surface area (Å²) in [6.07, 6.45) is 0.173. The smallest absolute Gasteiger partial charge is 0.323 e. The van der Waals surface area contributed by atoms with Crippen LogP contribution in [-0.4, -0.2) is 30.0 Å². The number of aryl methyl sites for hydroxylation is 1. The van der Waals surface area contributed by atoms with E-state index in [4.69, 9.17) is 0 Å². The van der Waals surface area contributed by atoms with E-state index in [1.807, 2.05) is 30.5 Å². The molecule has 1 aliphatic heterocycles. The molecule has 0 radical (unpaired) electrons. The lowest BCUT2D eigenvalue weighted by Crippen LogP contribution is -2.27. The SMILES string of the molecule is Cc1ccc(NC(=O)Cc2csc(N3CCNC3=O)n2)c(Br)c1. The van der Waals surface area contributed by atoms with Gasteiger partial charge in [0.05, 0.1) is 17.8 Å². The van der Waals surface area contributed by atoms with Crippen molar-refractivity contribution in [3.63, 3.8) is 0 Å². The number of rotatable bonds is 4. The minimum atomic E-state index is -0.141. The molecule has 0 spiro atoms. The van der Waals surface area contributed by atoms with E-state index in [1.165, 1.54) is 11.3 Å². The van der Waals surface area contributed by atoms with Gasteiger partial charge in [-0.25, -0.2) is 9.78 Å². The number of amides is 3. The Hall–Kier alpha value is -1.93. The first-order valence-electron chi connectivity index (χ1n) is 7.09. The fourth-order valence-electron chi connectivity index (χ4n) is 2.24. The molecule has 2 aromatic rings. The van der Waals surface area contributed by atoms with Crippen LogP contribution >= 0.6 is 27.3 Å². The van der Waals surface area contributed by atoms with Crippen molar-refractivity contribution in [3.05, 3.63) is 39.3 Å². The van der Waals surface area contributed by atoms with Crippen LogP contribution in [0.5, 0.6) is 0 Å². The number of carbonyl (C=O) groups excluding carboxylic acids is 2. The van der Waals surface area contributed by atoms with E-state index in [-0.39, 0.29) is 18.4 Å². The predicted molar refractivity (Wildman–Crippen MR) is 94.1 cm³/mol. The van der Waals surface area contributed by atoms with Crippen LogP contribution in [0.1, 0.15) is 11.3 Å². The fourth-order valence-corrected chi connectivity index (χ4v) is 3.68. The van der Waals surface area contributed by atoms with Crippen molar-refractivity contribution in [1.29, 1.82) is 0 Å². The van der Waals surface area contributed by atoms with E-state index in [1.54, 1.807) is 4.90 Å². The molecule has 0 aliphatic carbocycles. The largest absolute Gasteiger partial charge is 0.336 e. The van der Waals surface area contributed by atoms with Crippen LogP contribution in [0.4, 0.5) is 15.6 Å². The predicted octanol–water partition coefficient (Wildman–Crippen LogP) is 2.92. The Bertz CT molecular complexity index is 762. The first-order valence-corrected chi connectivity index (χ1v) is 8.76. The van der Waals surface area contributed by atoms with Gasteiger partial charge in [0, 0.05) is 22.9 Å². The third kappa shape index (κ3) is 3.70. The maximum atomic E-state index is 12.2. The minimum absolute atomic E-state index is 0.140. The average Bonchev–Trinajstić information content (AvgIpc) is 3.10. The van der Waals surface area contributed by atoms with Gasteiger partial charge in [-0.3, -0.25) is 9.69 Å². The summed E-state index contributed by atoms with van der Waals surface area (Å²) in [5, 5.41) is 8.02. The first-order chi connectivity index (χ1) is 11.0. The van der Waals surface area contributed by atoms with E-state index in [9.17, 15) is 9.59 Å². The molecule has 1 fully saturated rings. The molecule has 1 aromatic carbocycles. The van der Waals surface area contributed by atoms with Crippen molar-refractivity contribution in [2.24, 2.45) is 0 Å². The van der Waals surface area contributed by atoms with E-state index >= 15 is 0 Å². The molecule has 6 nitrogen and oxygen atoms in total. The number of carbonyl (C=O) groups is 2. The van der Waals surface area contributed by atoms with Crippen LogP contribution in [-0.2, 0) is 11.2 Å². The highest BCUT2D eigenvalue weighted by Gasteiger charge is 2.24. The van der Waals surface area contributed by atoms with Crippen LogP contribution < -0.4 is 15.5 Å². The lowest BCUT2D eigenvalue weighted by Gasteiger charge is -2.09.